The molecule has 1 atom stereocenters. The van der Waals surface area contributed by atoms with Crippen LogP contribution in [-0.2, 0) is 13.2 Å². The summed E-state index contributed by atoms with van der Waals surface area (Å²) >= 11 is 0. The van der Waals surface area contributed by atoms with Gasteiger partial charge in [-0.2, -0.15) is 18.3 Å². The van der Waals surface area contributed by atoms with Gasteiger partial charge in [0.05, 0.1) is 11.7 Å². The molecule has 3 aromatic rings. The van der Waals surface area contributed by atoms with Gasteiger partial charge in [0.25, 0.3) is 5.91 Å². The molecule has 0 aliphatic carbocycles. The van der Waals surface area contributed by atoms with Crippen molar-refractivity contribution in [3.63, 3.8) is 0 Å². The van der Waals surface area contributed by atoms with Crippen molar-refractivity contribution in [3.8, 4) is 11.3 Å². The summed E-state index contributed by atoms with van der Waals surface area (Å²) in [6.45, 7) is 5.28. The van der Waals surface area contributed by atoms with Gasteiger partial charge < -0.3 is 9.84 Å². The average molecular weight is 391 g/mol. The third-order valence-electron chi connectivity index (χ3n) is 3.99. The maximum atomic E-state index is 12.7. The maximum absolute atomic E-state index is 12.7. The smallest absolute Gasteiger partial charge is 0.359 e. The van der Waals surface area contributed by atoms with Crippen molar-refractivity contribution in [1.29, 1.82) is 0 Å². The molecule has 1 N–H and O–H groups in total. The van der Waals surface area contributed by atoms with E-state index in [2.05, 4.69) is 27.1 Å². The second-order valence-electron chi connectivity index (χ2n) is 6.02. The zero-order chi connectivity index (χ0) is 20.5. The van der Waals surface area contributed by atoms with Crippen molar-refractivity contribution in [1.82, 2.24) is 25.2 Å². The highest BCUT2D eigenvalue weighted by Gasteiger charge is 2.35. The number of carbonyl (C=O) groups excluding carboxylic acids is 1. The van der Waals surface area contributed by atoms with Crippen LogP contribution in [0.25, 0.3) is 17.3 Å². The fraction of sp³-hybridized carbons (Fsp3) is 0.222. The van der Waals surface area contributed by atoms with Gasteiger partial charge in [0.1, 0.15) is 11.4 Å². The van der Waals surface area contributed by atoms with Crippen LogP contribution in [0.2, 0.25) is 0 Å². The number of nitrogens with one attached hydrogen (secondary N) is 1. The molecule has 3 aromatic heterocycles. The van der Waals surface area contributed by atoms with Crippen LogP contribution < -0.4 is 5.32 Å². The molecule has 28 heavy (non-hydrogen) atoms. The summed E-state index contributed by atoms with van der Waals surface area (Å²) in [5, 5.41) is 9.86. The monoisotopic (exact) mass is 391 g/mol. The molecule has 0 aliphatic rings. The summed E-state index contributed by atoms with van der Waals surface area (Å²) in [7, 11) is 1.27. The molecular weight excluding hydrogens is 375 g/mol. The minimum Gasteiger partial charge on any atom is -0.359 e. The summed E-state index contributed by atoms with van der Waals surface area (Å²) in [6, 6.07) is 5.22. The van der Waals surface area contributed by atoms with E-state index in [1.807, 2.05) is 0 Å². The van der Waals surface area contributed by atoms with Crippen LogP contribution in [0, 0.1) is 0 Å². The molecule has 0 aliphatic heterocycles. The number of hydrogen-bond donors (Lipinski definition) is 1. The number of nitrogens with zero attached hydrogens (tertiary/aromatic N) is 4. The van der Waals surface area contributed by atoms with Crippen LogP contribution in [0.15, 0.2) is 41.6 Å². The molecule has 0 aromatic carbocycles. The molecule has 10 heteroatoms. The first kappa shape index (κ1) is 19.3. The van der Waals surface area contributed by atoms with E-state index in [-0.39, 0.29) is 5.69 Å². The van der Waals surface area contributed by atoms with E-state index in [9.17, 15) is 18.0 Å². The first-order valence-corrected chi connectivity index (χ1v) is 8.16. The Morgan fingerprint density at radius 2 is 2.11 bits per heavy atom. The molecule has 0 fully saturated rings. The zero-order valence-corrected chi connectivity index (χ0v) is 15.0. The Hall–Kier alpha value is -3.43. The van der Waals surface area contributed by atoms with Crippen molar-refractivity contribution in [2.24, 2.45) is 7.05 Å². The van der Waals surface area contributed by atoms with Gasteiger partial charge in [0.15, 0.2) is 11.5 Å². The predicted molar refractivity (Wildman–Crippen MR) is 93.9 cm³/mol. The van der Waals surface area contributed by atoms with Crippen LogP contribution in [-0.4, -0.2) is 25.8 Å². The summed E-state index contributed by atoms with van der Waals surface area (Å²) in [5.74, 6) is -0.368. The van der Waals surface area contributed by atoms with E-state index in [1.54, 1.807) is 37.4 Å². The first-order chi connectivity index (χ1) is 13.2. The summed E-state index contributed by atoms with van der Waals surface area (Å²) < 4.78 is 44.4. The summed E-state index contributed by atoms with van der Waals surface area (Å²) in [6.07, 6.45) is -1.43. The molecule has 146 valence electrons. The van der Waals surface area contributed by atoms with Crippen molar-refractivity contribution in [3.05, 3.63) is 59.9 Å². The molecule has 3 rings (SSSR count). The van der Waals surface area contributed by atoms with E-state index in [0.29, 0.717) is 23.2 Å². The third kappa shape index (κ3) is 3.95. The number of pyridine rings is 1. The number of hydrogen-bond acceptors (Lipinski definition) is 5. The lowest BCUT2D eigenvalue weighted by atomic mass is 10.1. The zero-order valence-electron chi connectivity index (χ0n) is 15.0. The lowest BCUT2D eigenvalue weighted by Crippen LogP contribution is -2.28. The van der Waals surface area contributed by atoms with Gasteiger partial charge in [-0.15, -0.1) is 0 Å². The maximum Gasteiger partial charge on any atom is 0.435 e. The Morgan fingerprint density at radius 1 is 1.36 bits per heavy atom. The van der Waals surface area contributed by atoms with E-state index in [4.69, 9.17) is 4.52 Å². The molecule has 0 saturated carbocycles. The fourth-order valence-electron chi connectivity index (χ4n) is 2.51. The highest BCUT2D eigenvalue weighted by molar-refractivity contribution is 5.92. The highest BCUT2D eigenvalue weighted by Crippen LogP contribution is 2.28. The number of aryl methyl sites for hydroxylation is 1. The molecule has 7 nitrogen and oxygen atoms in total. The van der Waals surface area contributed by atoms with Gasteiger partial charge in [0, 0.05) is 30.9 Å². The van der Waals surface area contributed by atoms with Crippen LogP contribution in [0.3, 0.4) is 0 Å². The summed E-state index contributed by atoms with van der Waals surface area (Å²) in [5.41, 5.74) is 0.593. The summed E-state index contributed by atoms with van der Waals surface area (Å²) in [4.78, 5) is 16.4. The van der Waals surface area contributed by atoms with Crippen LogP contribution in [0.5, 0.6) is 0 Å². The van der Waals surface area contributed by atoms with Gasteiger partial charge in [-0.1, -0.05) is 11.7 Å². The number of amides is 1. The minimum absolute atomic E-state index is 0.219. The van der Waals surface area contributed by atoms with Crippen LogP contribution in [0.1, 0.15) is 40.6 Å². The lowest BCUT2D eigenvalue weighted by molar-refractivity contribution is -0.141. The molecular formula is C18H16F3N5O2. The van der Waals surface area contributed by atoms with E-state index >= 15 is 0 Å². The highest BCUT2D eigenvalue weighted by atomic mass is 19.4. The number of aromatic nitrogens is 4. The SMILES string of the molecule is C=Cc1cc(-c2cc(C(C)NC(=O)c3cc(C(F)(F)F)nn3C)on2)ccn1. The van der Waals surface area contributed by atoms with Crippen molar-refractivity contribution in [2.75, 3.05) is 0 Å². The molecule has 0 bridgehead atoms. The fourth-order valence-corrected chi connectivity index (χ4v) is 2.51. The van der Waals surface area contributed by atoms with Gasteiger partial charge in [0.2, 0.25) is 0 Å². The first-order valence-electron chi connectivity index (χ1n) is 8.16. The van der Waals surface area contributed by atoms with Gasteiger partial charge in [-0.05, 0) is 25.1 Å². The second kappa shape index (κ2) is 7.29. The van der Waals surface area contributed by atoms with Gasteiger partial charge in [-0.3, -0.25) is 14.5 Å². The second-order valence-corrected chi connectivity index (χ2v) is 6.02. The lowest BCUT2D eigenvalue weighted by Gasteiger charge is -2.10. The van der Waals surface area contributed by atoms with E-state index < -0.39 is 23.8 Å². The Labute approximate surface area is 157 Å². The number of rotatable bonds is 5. The van der Waals surface area contributed by atoms with Crippen molar-refractivity contribution >= 4 is 12.0 Å². The Balaban J connectivity index is 1.76. The Kier molecular flexibility index (Phi) is 5.04. The van der Waals surface area contributed by atoms with Gasteiger partial charge >= 0.3 is 6.18 Å². The third-order valence-corrected chi connectivity index (χ3v) is 3.99. The van der Waals surface area contributed by atoms with Gasteiger partial charge in [-0.25, -0.2) is 0 Å². The minimum atomic E-state index is -4.63. The molecule has 0 saturated heterocycles. The van der Waals surface area contributed by atoms with E-state index in [1.165, 1.54) is 7.05 Å². The predicted octanol–water partition coefficient (Wildman–Crippen LogP) is 3.62. The average Bonchev–Trinajstić information content (AvgIpc) is 3.28. The molecule has 1 amide bonds. The molecule has 0 radical (unpaired) electrons. The number of halogens is 3. The number of carbonyl (C=O) groups is 1. The number of alkyl halides is 3. The Morgan fingerprint density at radius 3 is 2.75 bits per heavy atom. The largest absolute Gasteiger partial charge is 0.435 e. The quantitative estimate of drug-likeness (QED) is 0.718. The topological polar surface area (TPSA) is 85.8 Å². The normalized spacial score (nSPS) is 12.6. The van der Waals surface area contributed by atoms with E-state index in [0.717, 1.165) is 10.2 Å². The van der Waals surface area contributed by atoms with Crippen LogP contribution >= 0.6 is 0 Å². The molecule has 1 unspecified atom stereocenters. The Bertz CT molecular complexity index is 1020. The van der Waals surface area contributed by atoms with Crippen molar-refractivity contribution in [2.45, 2.75) is 19.1 Å². The molecule has 0 spiro atoms. The standard InChI is InChI=1S/C18H16F3N5O2/c1-4-12-7-11(5-6-22-12)13-8-15(28-25-13)10(2)23-17(27)14-9-16(18(19,20)21)24-26(14)3/h4-10H,1H2,2-3H3,(H,23,27). The van der Waals surface area contributed by atoms with Crippen molar-refractivity contribution < 1.29 is 22.5 Å². The van der Waals surface area contributed by atoms with Crippen LogP contribution in [0.4, 0.5) is 13.2 Å². The molecule has 3 heterocycles.